The van der Waals surface area contributed by atoms with E-state index in [2.05, 4.69) is 13.8 Å². The van der Waals surface area contributed by atoms with Crippen LogP contribution in [0.5, 0.6) is 0 Å². The van der Waals surface area contributed by atoms with Crippen molar-refractivity contribution < 1.29 is 15.0 Å². The molecule has 4 aliphatic rings. The van der Waals surface area contributed by atoms with E-state index in [1.54, 1.807) is 5.57 Å². The summed E-state index contributed by atoms with van der Waals surface area (Å²) in [4.78, 5) is 13.2. The van der Waals surface area contributed by atoms with Crippen molar-refractivity contribution in [3.63, 3.8) is 0 Å². The zero-order valence-corrected chi connectivity index (χ0v) is 20.0. The van der Waals surface area contributed by atoms with Crippen LogP contribution in [0.4, 0.5) is 0 Å². The van der Waals surface area contributed by atoms with Crippen molar-refractivity contribution in [1.82, 2.24) is 0 Å². The molecule has 0 aliphatic heterocycles. The number of Topliss-reactive ketones (excluding diaryl/α,β-unsaturated/α-hetero) is 1. The fourth-order valence-corrected chi connectivity index (χ4v) is 8.41. The molecule has 3 nitrogen and oxygen atoms in total. The van der Waals surface area contributed by atoms with Gasteiger partial charge in [0, 0.05) is 12.3 Å². The van der Waals surface area contributed by atoms with E-state index in [4.69, 9.17) is 0 Å². The highest BCUT2D eigenvalue weighted by atomic mass is 16.3. The maximum absolute atomic E-state index is 13.2. The molecule has 0 aromatic rings. The monoisotopic (exact) mass is 416 g/mol. The van der Waals surface area contributed by atoms with Crippen LogP contribution in [0.3, 0.4) is 0 Å². The summed E-state index contributed by atoms with van der Waals surface area (Å²) in [5, 5.41) is 21.6. The van der Waals surface area contributed by atoms with Crippen molar-refractivity contribution in [3.8, 4) is 0 Å². The Morgan fingerprint density at radius 1 is 0.967 bits per heavy atom. The van der Waals surface area contributed by atoms with Gasteiger partial charge in [-0.25, -0.2) is 0 Å². The molecule has 3 heteroatoms. The standard InChI is InChI=1S/C27H44O3/c1-24(2,29)13-8-15-27(5,30)23-11-10-19-18-17-22(28)21-9-6-7-14-25(21,3)20(18)12-16-26(19,23)4/h20-21,23,29-30H,6-17H2,1-5H3. The molecular weight excluding hydrogens is 372 g/mol. The minimum atomic E-state index is -0.717. The predicted octanol–water partition coefficient (Wildman–Crippen LogP) is 5.97. The quantitative estimate of drug-likeness (QED) is 0.543. The minimum Gasteiger partial charge on any atom is -0.390 e. The SMILES string of the molecule is CC(C)(O)CCCC(C)(O)C1CCC2=C3CC(=O)C4CCCCC4(C)C3CCC21C. The van der Waals surface area contributed by atoms with Crippen molar-refractivity contribution in [1.29, 1.82) is 0 Å². The molecule has 4 rings (SSSR count). The minimum absolute atomic E-state index is 0.0300. The molecule has 6 unspecified atom stereocenters. The van der Waals surface area contributed by atoms with Crippen molar-refractivity contribution in [2.75, 3.05) is 0 Å². The lowest BCUT2D eigenvalue weighted by molar-refractivity contribution is -0.134. The van der Waals surface area contributed by atoms with Crippen LogP contribution in [0.2, 0.25) is 0 Å². The normalized spacial score (nSPS) is 41.2. The number of rotatable bonds is 5. The number of ketones is 1. The van der Waals surface area contributed by atoms with E-state index in [1.807, 2.05) is 20.8 Å². The fourth-order valence-electron chi connectivity index (χ4n) is 8.41. The molecule has 3 saturated carbocycles. The van der Waals surface area contributed by atoms with Gasteiger partial charge in [-0.05, 0) is 101 Å². The molecule has 170 valence electrons. The lowest BCUT2D eigenvalue weighted by atomic mass is 9.48. The van der Waals surface area contributed by atoms with Crippen molar-refractivity contribution in [2.45, 2.75) is 123 Å². The fraction of sp³-hybridized carbons (Fsp3) is 0.889. The third-order valence-electron chi connectivity index (χ3n) is 9.93. The maximum Gasteiger partial charge on any atom is 0.140 e. The summed E-state index contributed by atoms with van der Waals surface area (Å²) in [5.41, 5.74) is 1.85. The van der Waals surface area contributed by atoms with Gasteiger partial charge in [-0.3, -0.25) is 4.79 Å². The summed E-state index contributed by atoms with van der Waals surface area (Å²) >= 11 is 0. The van der Waals surface area contributed by atoms with Gasteiger partial charge in [-0.2, -0.15) is 0 Å². The van der Waals surface area contributed by atoms with Crippen LogP contribution in [-0.4, -0.2) is 27.2 Å². The topological polar surface area (TPSA) is 57.5 Å². The van der Waals surface area contributed by atoms with Crippen LogP contribution < -0.4 is 0 Å². The number of aliphatic hydroxyl groups is 2. The molecule has 0 spiro atoms. The highest BCUT2D eigenvalue weighted by Gasteiger charge is 2.58. The molecule has 0 saturated heterocycles. The Balaban J connectivity index is 1.60. The Morgan fingerprint density at radius 3 is 2.40 bits per heavy atom. The number of carbonyl (C=O) groups excluding carboxylic acids is 1. The summed E-state index contributed by atoms with van der Waals surface area (Å²) in [6.45, 7) is 10.5. The second-order valence-electron chi connectivity index (χ2n) is 12.6. The Labute approximate surface area is 183 Å². The van der Waals surface area contributed by atoms with Crippen LogP contribution >= 0.6 is 0 Å². The van der Waals surface area contributed by atoms with Crippen molar-refractivity contribution in [3.05, 3.63) is 11.1 Å². The van der Waals surface area contributed by atoms with Crippen LogP contribution in [0.1, 0.15) is 112 Å². The molecule has 0 aromatic carbocycles. The lowest BCUT2D eigenvalue weighted by Gasteiger charge is -2.55. The summed E-state index contributed by atoms with van der Waals surface area (Å²) in [6, 6.07) is 0. The molecule has 30 heavy (non-hydrogen) atoms. The third kappa shape index (κ3) is 3.62. The Kier molecular flexibility index (Phi) is 5.59. The largest absolute Gasteiger partial charge is 0.390 e. The average molecular weight is 417 g/mol. The number of carbonyl (C=O) groups is 1. The molecule has 0 bridgehead atoms. The van der Waals surface area contributed by atoms with Crippen LogP contribution in [0.15, 0.2) is 11.1 Å². The molecule has 4 aliphatic carbocycles. The van der Waals surface area contributed by atoms with E-state index in [0.717, 1.165) is 44.9 Å². The highest BCUT2D eigenvalue weighted by Crippen LogP contribution is 2.65. The van der Waals surface area contributed by atoms with E-state index >= 15 is 0 Å². The second-order valence-corrected chi connectivity index (χ2v) is 12.6. The molecule has 3 fully saturated rings. The lowest BCUT2D eigenvalue weighted by Crippen LogP contribution is -2.51. The van der Waals surface area contributed by atoms with Gasteiger partial charge in [0.05, 0.1) is 11.2 Å². The van der Waals surface area contributed by atoms with Gasteiger partial charge < -0.3 is 10.2 Å². The Bertz CT molecular complexity index is 727. The summed E-state index contributed by atoms with van der Waals surface area (Å²) in [6.07, 6.45) is 12.2. The molecule has 0 aromatic heterocycles. The van der Waals surface area contributed by atoms with Gasteiger partial charge in [0.25, 0.3) is 0 Å². The van der Waals surface area contributed by atoms with Gasteiger partial charge in [0.1, 0.15) is 5.78 Å². The van der Waals surface area contributed by atoms with Crippen molar-refractivity contribution >= 4 is 5.78 Å². The van der Waals surface area contributed by atoms with Crippen molar-refractivity contribution in [2.24, 2.45) is 28.6 Å². The summed E-state index contributed by atoms with van der Waals surface area (Å²) in [5.74, 6) is 1.62. The first kappa shape index (κ1) is 22.5. The molecule has 0 heterocycles. The first-order chi connectivity index (χ1) is 13.9. The maximum atomic E-state index is 13.2. The van der Waals surface area contributed by atoms with Gasteiger partial charge in [-0.1, -0.05) is 37.8 Å². The average Bonchev–Trinajstić information content (AvgIpc) is 2.99. The Morgan fingerprint density at radius 2 is 1.70 bits per heavy atom. The number of hydrogen-bond acceptors (Lipinski definition) is 3. The van der Waals surface area contributed by atoms with Crippen LogP contribution in [0.25, 0.3) is 0 Å². The number of allylic oxidation sites excluding steroid dienone is 2. The highest BCUT2D eigenvalue weighted by molar-refractivity contribution is 5.86. The number of fused-ring (bicyclic) bond motifs is 4. The summed E-state index contributed by atoms with van der Waals surface area (Å²) in [7, 11) is 0. The summed E-state index contributed by atoms with van der Waals surface area (Å²) < 4.78 is 0. The molecule has 6 atom stereocenters. The van der Waals surface area contributed by atoms with E-state index < -0.39 is 11.2 Å². The predicted molar refractivity (Wildman–Crippen MR) is 121 cm³/mol. The molecule has 0 amide bonds. The first-order valence-electron chi connectivity index (χ1n) is 12.6. The number of hydrogen-bond donors (Lipinski definition) is 2. The van der Waals surface area contributed by atoms with Gasteiger partial charge in [-0.15, -0.1) is 0 Å². The smallest absolute Gasteiger partial charge is 0.140 e. The zero-order valence-electron chi connectivity index (χ0n) is 20.0. The van der Waals surface area contributed by atoms with E-state index in [0.29, 0.717) is 18.1 Å². The van der Waals surface area contributed by atoms with Crippen LogP contribution in [0, 0.1) is 28.6 Å². The van der Waals surface area contributed by atoms with Crippen LogP contribution in [-0.2, 0) is 4.79 Å². The van der Waals surface area contributed by atoms with Gasteiger partial charge >= 0.3 is 0 Å². The van der Waals surface area contributed by atoms with Gasteiger partial charge in [0.15, 0.2) is 0 Å². The van der Waals surface area contributed by atoms with Gasteiger partial charge in [0.2, 0.25) is 0 Å². The first-order valence-corrected chi connectivity index (χ1v) is 12.6. The van der Waals surface area contributed by atoms with E-state index in [9.17, 15) is 15.0 Å². The molecule has 2 N–H and O–H groups in total. The van der Waals surface area contributed by atoms with E-state index in [1.165, 1.54) is 31.3 Å². The molecule has 0 radical (unpaired) electrons. The Hall–Kier alpha value is -0.670. The van der Waals surface area contributed by atoms with E-state index in [-0.39, 0.29) is 22.7 Å². The third-order valence-corrected chi connectivity index (χ3v) is 9.93. The second kappa shape index (κ2) is 7.44. The zero-order chi connectivity index (χ0) is 21.9. The molecular formula is C27H44O3.